The van der Waals surface area contributed by atoms with Gasteiger partial charge in [0.05, 0.1) is 6.61 Å². The van der Waals surface area contributed by atoms with Crippen LogP contribution in [0.3, 0.4) is 0 Å². The normalized spacial score (nSPS) is 10.6. The Kier molecular flexibility index (Phi) is 9.19. The molecule has 3 aromatic rings. The maximum Gasteiger partial charge on any atom is 0.266 e. The van der Waals surface area contributed by atoms with Crippen LogP contribution in [0.15, 0.2) is 72.3 Å². The first-order valence-electron chi connectivity index (χ1n) is 10.8. The van der Waals surface area contributed by atoms with Crippen molar-refractivity contribution in [3.63, 3.8) is 0 Å². The van der Waals surface area contributed by atoms with Crippen molar-refractivity contribution in [1.29, 1.82) is 5.26 Å². The number of amides is 1. The van der Waals surface area contributed by atoms with Crippen LogP contribution in [0, 0.1) is 23.7 Å². The van der Waals surface area contributed by atoms with Gasteiger partial charge in [-0.25, -0.2) is 0 Å². The molecule has 0 atom stereocenters. The predicted molar refractivity (Wildman–Crippen MR) is 136 cm³/mol. The lowest BCUT2D eigenvalue weighted by Crippen LogP contribution is -2.13. The van der Waals surface area contributed by atoms with Crippen molar-refractivity contribution in [2.75, 3.05) is 18.5 Å². The van der Waals surface area contributed by atoms with Crippen molar-refractivity contribution in [3.8, 4) is 35.7 Å². The first kappa shape index (κ1) is 25.2. The van der Waals surface area contributed by atoms with Crippen LogP contribution in [0.4, 0.5) is 5.69 Å². The summed E-state index contributed by atoms with van der Waals surface area (Å²) in [6.45, 7) is 2.76. The highest BCUT2D eigenvalue weighted by atomic mass is 35.5. The van der Waals surface area contributed by atoms with Gasteiger partial charge in [0.1, 0.15) is 30.6 Å². The van der Waals surface area contributed by atoms with E-state index in [-0.39, 0.29) is 12.2 Å². The average molecular weight is 487 g/mol. The summed E-state index contributed by atoms with van der Waals surface area (Å²) >= 11 is 5.89. The number of halogens is 1. The van der Waals surface area contributed by atoms with E-state index < -0.39 is 5.91 Å². The highest BCUT2D eigenvalue weighted by Crippen LogP contribution is 2.29. The second-order valence-electron chi connectivity index (χ2n) is 7.20. The minimum atomic E-state index is -0.534. The standard InChI is InChI=1S/C28H23ClN2O4/c1-3-15-34-26-14-7-21(17-27(26)33-4-2)16-22(18-30)28(32)31-24-10-12-25(13-11-24)35-19-20-5-8-23(29)9-6-20/h1,5-14,16-17H,4,15,19H2,2H3,(H,31,32)/b22-16+. The number of anilines is 1. The Bertz CT molecular complexity index is 1270. The van der Waals surface area contributed by atoms with Crippen LogP contribution in [-0.4, -0.2) is 19.1 Å². The zero-order valence-electron chi connectivity index (χ0n) is 19.1. The van der Waals surface area contributed by atoms with Gasteiger partial charge in [-0.1, -0.05) is 35.7 Å². The van der Waals surface area contributed by atoms with E-state index in [0.717, 1.165) is 5.56 Å². The fraction of sp³-hybridized carbons (Fsp3) is 0.143. The van der Waals surface area contributed by atoms with Crippen molar-refractivity contribution in [2.45, 2.75) is 13.5 Å². The molecule has 7 heteroatoms. The van der Waals surface area contributed by atoms with E-state index in [9.17, 15) is 10.1 Å². The molecule has 0 unspecified atom stereocenters. The molecule has 0 radical (unpaired) electrons. The lowest BCUT2D eigenvalue weighted by Gasteiger charge is -2.11. The SMILES string of the molecule is C#CCOc1ccc(/C=C(\C#N)C(=O)Nc2ccc(OCc3ccc(Cl)cc3)cc2)cc1OCC. The van der Waals surface area contributed by atoms with E-state index in [2.05, 4.69) is 11.2 Å². The minimum absolute atomic E-state index is 0.0622. The molecular weight excluding hydrogens is 464 g/mol. The molecular formula is C28H23ClN2O4. The second-order valence-corrected chi connectivity index (χ2v) is 7.63. The van der Waals surface area contributed by atoms with Crippen molar-refractivity contribution in [2.24, 2.45) is 0 Å². The van der Waals surface area contributed by atoms with E-state index in [4.69, 9.17) is 32.2 Å². The Morgan fingerprint density at radius 2 is 1.77 bits per heavy atom. The quantitative estimate of drug-likeness (QED) is 0.220. The smallest absolute Gasteiger partial charge is 0.266 e. The zero-order chi connectivity index (χ0) is 25.0. The molecule has 1 amide bonds. The van der Waals surface area contributed by atoms with Crippen molar-refractivity contribution >= 4 is 29.3 Å². The Morgan fingerprint density at radius 1 is 1.03 bits per heavy atom. The Labute approximate surface area is 209 Å². The third kappa shape index (κ3) is 7.57. The summed E-state index contributed by atoms with van der Waals surface area (Å²) in [6, 6.07) is 21.3. The van der Waals surface area contributed by atoms with Crippen molar-refractivity contribution in [3.05, 3.63) is 88.5 Å². The maximum atomic E-state index is 12.7. The largest absolute Gasteiger partial charge is 0.490 e. The number of hydrogen-bond acceptors (Lipinski definition) is 5. The van der Waals surface area contributed by atoms with Crippen LogP contribution < -0.4 is 19.5 Å². The predicted octanol–water partition coefficient (Wildman–Crippen LogP) is 5.88. The minimum Gasteiger partial charge on any atom is -0.490 e. The molecule has 6 nitrogen and oxygen atoms in total. The molecule has 0 fully saturated rings. The number of nitrogens with zero attached hydrogens (tertiary/aromatic N) is 1. The topological polar surface area (TPSA) is 80.6 Å². The Morgan fingerprint density at radius 3 is 2.43 bits per heavy atom. The Hall–Kier alpha value is -4.39. The highest BCUT2D eigenvalue weighted by Gasteiger charge is 2.12. The van der Waals surface area contributed by atoms with E-state index in [1.54, 1.807) is 54.6 Å². The number of terminal acetylenes is 1. The van der Waals surface area contributed by atoms with Crippen LogP contribution in [-0.2, 0) is 11.4 Å². The van der Waals surface area contributed by atoms with Gasteiger partial charge in [-0.05, 0) is 72.7 Å². The molecule has 0 heterocycles. The zero-order valence-corrected chi connectivity index (χ0v) is 19.8. The third-order valence-corrected chi connectivity index (χ3v) is 4.94. The van der Waals surface area contributed by atoms with Crippen LogP contribution in [0.1, 0.15) is 18.1 Å². The molecule has 1 N–H and O–H groups in total. The van der Waals surface area contributed by atoms with Crippen LogP contribution >= 0.6 is 11.6 Å². The first-order valence-corrected chi connectivity index (χ1v) is 11.1. The summed E-state index contributed by atoms with van der Waals surface area (Å²) in [4.78, 5) is 12.7. The van der Waals surface area contributed by atoms with E-state index in [1.807, 2.05) is 25.1 Å². The number of carbonyl (C=O) groups is 1. The van der Waals surface area contributed by atoms with Gasteiger partial charge >= 0.3 is 0 Å². The number of nitrogens with one attached hydrogen (secondary N) is 1. The fourth-order valence-corrected chi connectivity index (χ4v) is 3.14. The average Bonchev–Trinajstić information content (AvgIpc) is 2.87. The first-order chi connectivity index (χ1) is 17.0. The number of rotatable bonds is 10. The fourth-order valence-electron chi connectivity index (χ4n) is 3.02. The van der Waals surface area contributed by atoms with Gasteiger partial charge in [0.2, 0.25) is 0 Å². The lowest BCUT2D eigenvalue weighted by molar-refractivity contribution is -0.112. The molecule has 0 aliphatic carbocycles. The van der Waals surface area contributed by atoms with Crippen LogP contribution in [0.2, 0.25) is 5.02 Å². The lowest BCUT2D eigenvalue weighted by atomic mass is 10.1. The van der Waals surface area contributed by atoms with E-state index in [0.29, 0.717) is 46.7 Å². The van der Waals surface area contributed by atoms with Crippen molar-refractivity contribution in [1.82, 2.24) is 0 Å². The molecule has 3 rings (SSSR count). The van der Waals surface area contributed by atoms with Gasteiger partial charge in [-0.2, -0.15) is 5.26 Å². The molecule has 0 saturated heterocycles. The summed E-state index contributed by atoms with van der Waals surface area (Å²) in [7, 11) is 0. The third-order valence-electron chi connectivity index (χ3n) is 4.69. The molecule has 35 heavy (non-hydrogen) atoms. The van der Waals surface area contributed by atoms with Gasteiger partial charge in [0.25, 0.3) is 5.91 Å². The van der Waals surface area contributed by atoms with Gasteiger partial charge in [0.15, 0.2) is 11.5 Å². The molecule has 0 aliphatic heterocycles. The number of hydrogen-bond donors (Lipinski definition) is 1. The number of benzene rings is 3. The molecule has 0 spiro atoms. The summed E-state index contributed by atoms with van der Waals surface area (Å²) < 4.78 is 16.8. The second kappa shape index (κ2) is 12.7. The van der Waals surface area contributed by atoms with Crippen LogP contribution in [0.25, 0.3) is 6.08 Å². The Balaban J connectivity index is 1.65. The van der Waals surface area contributed by atoms with Crippen molar-refractivity contribution < 1.29 is 19.0 Å². The number of carbonyl (C=O) groups excluding carboxylic acids is 1. The van der Waals surface area contributed by atoms with E-state index in [1.165, 1.54) is 6.08 Å². The number of nitriles is 1. The molecule has 3 aromatic carbocycles. The summed E-state index contributed by atoms with van der Waals surface area (Å²) in [5.74, 6) is 3.47. The van der Waals surface area contributed by atoms with Gasteiger partial charge < -0.3 is 19.5 Å². The van der Waals surface area contributed by atoms with Gasteiger partial charge in [-0.15, -0.1) is 6.42 Å². The maximum absolute atomic E-state index is 12.7. The molecule has 0 saturated carbocycles. The van der Waals surface area contributed by atoms with Gasteiger partial charge in [-0.3, -0.25) is 4.79 Å². The van der Waals surface area contributed by atoms with Crippen LogP contribution in [0.5, 0.6) is 17.2 Å². The summed E-state index contributed by atoms with van der Waals surface area (Å²) in [6.07, 6.45) is 6.72. The van der Waals surface area contributed by atoms with E-state index >= 15 is 0 Å². The summed E-state index contributed by atoms with van der Waals surface area (Å²) in [5, 5.41) is 12.9. The number of ether oxygens (including phenoxy) is 3. The molecule has 176 valence electrons. The monoisotopic (exact) mass is 486 g/mol. The molecule has 0 aliphatic rings. The van der Waals surface area contributed by atoms with Gasteiger partial charge in [0, 0.05) is 10.7 Å². The molecule has 0 bridgehead atoms. The summed E-state index contributed by atoms with van der Waals surface area (Å²) in [5.41, 5.74) is 2.06. The molecule has 0 aromatic heterocycles. The highest BCUT2D eigenvalue weighted by molar-refractivity contribution is 6.30.